The second-order valence-corrected chi connectivity index (χ2v) is 5.68. The van der Waals surface area contributed by atoms with Crippen LogP contribution in [0.5, 0.6) is 0 Å². The van der Waals surface area contributed by atoms with Crippen molar-refractivity contribution < 1.29 is 4.74 Å². The number of nitrogens with zero attached hydrogens (tertiary/aromatic N) is 1. The van der Waals surface area contributed by atoms with E-state index in [0.717, 1.165) is 32.8 Å². The number of nitrogens with one attached hydrogen (secondary N) is 1. The summed E-state index contributed by atoms with van der Waals surface area (Å²) < 4.78 is 5.38. The van der Waals surface area contributed by atoms with Gasteiger partial charge in [0.1, 0.15) is 0 Å². The van der Waals surface area contributed by atoms with E-state index in [0.29, 0.717) is 5.54 Å². The molecule has 1 aliphatic carbocycles. The molecule has 0 radical (unpaired) electrons. The lowest BCUT2D eigenvalue weighted by Crippen LogP contribution is -2.36. The van der Waals surface area contributed by atoms with E-state index < -0.39 is 0 Å². The van der Waals surface area contributed by atoms with Crippen molar-refractivity contribution in [3.8, 4) is 0 Å². The summed E-state index contributed by atoms with van der Waals surface area (Å²) in [5, 5.41) is 3.61. The molecule has 98 valence electrons. The maximum absolute atomic E-state index is 5.38. The molecule has 1 heterocycles. The van der Waals surface area contributed by atoms with Crippen LogP contribution in [-0.4, -0.2) is 31.8 Å². The largest absolute Gasteiger partial charge is 0.378 e. The van der Waals surface area contributed by atoms with Gasteiger partial charge in [-0.25, -0.2) is 0 Å². The highest BCUT2D eigenvalue weighted by atomic mass is 16.5. The number of morpholine rings is 1. The highest BCUT2D eigenvalue weighted by Gasteiger charge is 2.36. The molecule has 3 rings (SSSR count). The first-order valence-electron chi connectivity index (χ1n) is 6.92. The lowest BCUT2D eigenvalue weighted by molar-refractivity contribution is 0.122. The van der Waals surface area contributed by atoms with E-state index in [2.05, 4.69) is 41.4 Å². The molecule has 0 unspecified atom stereocenters. The summed E-state index contributed by atoms with van der Waals surface area (Å²) in [6.45, 7) is 7.00. The van der Waals surface area contributed by atoms with Gasteiger partial charge >= 0.3 is 0 Å². The summed E-state index contributed by atoms with van der Waals surface area (Å²) >= 11 is 0. The number of ether oxygens (including phenoxy) is 1. The molecule has 1 aromatic rings. The van der Waals surface area contributed by atoms with E-state index in [-0.39, 0.29) is 0 Å². The molecule has 0 aromatic heterocycles. The van der Waals surface area contributed by atoms with Crippen LogP contribution in [0.2, 0.25) is 0 Å². The van der Waals surface area contributed by atoms with Gasteiger partial charge in [0, 0.05) is 30.9 Å². The lowest BCUT2D eigenvalue weighted by atomic mass is 10.1. The Hall–Kier alpha value is -1.06. The topological polar surface area (TPSA) is 24.5 Å². The van der Waals surface area contributed by atoms with Crippen LogP contribution in [0.25, 0.3) is 0 Å². The predicted octanol–water partition coefficient (Wildman–Crippen LogP) is 2.17. The third-order valence-electron chi connectivity index (χ3n) is 4.03. The van der Waals surface area contributed by atoms with Crippen molar-refractivity contribution in [1.82, 2.24) is 5.32 Å². The summed E-state index contributed by atoms with van der Waals surface area (Å²) in [5.41, 5.74) is 3.11. The number of hydrogen-bond donors (Lipinski definition) is 1. The minimum absolute atomic E-state index is 0.420. The van der Waals surface area contributed by atoms with Crippen LogP contribution in [0, 0.1) is 0 Å². The molecule has 0 bridgehead atoms. The molecule has 1 aliphatic heterocycles. The van der Waals surface area contributed by atoms with E-state index in [1.165, 1.54) is 24.1 Å². The Labute approximate surface area is 109 Å². The van der Waals surface area contributed by atoms with E-state index in [1.807, 2.05) is 0 Å². The molecule has 18 heavy (non-hydrogen) atoms. The van der Waals surface area contributed by atoms with Crippen molar-refractivity contribution in [2.45, 2.75) is 31.8 Å². The van der Waals surface area contributed by atoms with Crippen LogP contribution < -0.4 is 10.2 Å². The van der Waals surface area contributed by atoms with Gasteiger partial charge in [0.05, 0.1) is 13.2 Å². The molecule has 0 spiro atoms. The van der Waals surface area contributed by atoms with Gasteiger partial charge in [-0.15, -0.1) is 0 Å². The fourth-order valence-corrected chi connectivity index (χ4v) is 2.33. The van der Waals surface area contributed by atoms with Gasteiger partial charge in [0.15, 0.2) is 0 Å². The minimum Gasteiger partial charge on any atom is -0.378 e. The molecule has 0 amide bonds. The number of rotatable bonds is 4. The number of benzene rings is 1. The average molecular weight is 246 g/mol. The van der Waals surface area contributed by atoms with Crippen molar-refractivity contribution in [2.24, 2.45) is 0 Å². The molecule has 1 aromatic carbocycles. The van der Waals surface area contributed by atoms with Crippen molar-refractivity contribution in [3.63, 3.8) is 0 Å². The second-order valence-electron chi connectivity index (χ2n) is 5.68. The Kier molecular flexibility index (Phi) is 3.27. The maximum Gasteiger partial charge on any atom is 0.0642 e. The van der Waals surface area contributed by atoms with Crippen LogP contribution in [-0.2, 0) is 11.3 Å². The normalized spacial score (nSPS) is 21.9. The molecule has 3 nitrogen and oxygen atoms in total. The van der Waals surface area contributed by atoms with Gasteiger partial charge in [-0.05, 0) is 37.5 Å². The number of anilines is 1. The Morgan fingerprint density at radius 1 is 1.17 bits per heavy atom. The third-order valence-corrected chi connectivity index (χ3v) is 4.03. The molecule has 0 atom stereocenters. The van der Waals surface area contributed by atoms with Gasteiger partial charge < -0.3 is 15.0 Å². The van der Waals surface area contributed by atoms with Crippen LogP contribution in [0.3, 0.4) is 0 Å². The minimum atomic E-state index is 0.420. The van der Waals surface area contributed by atoms with Gasteiger partial charge in [-0.2, -0.15) is 0 Å². The Balaban J connectivity index is 1.57. The first kappa shape index (κ1) is 12.0. The average Bonchev–Trinajstić information content (AvgIpc) is 3.17. The highest BCUT2D eigenvalue weighted by molar-refractivity contribution is 5.47. The van der Waals surface area contributed by atoms with Crippen molar-refractivity contribution in [2.75, 3.05) is 31.2 Å². The van der Waals surface area contributed by atoms with E-state index >= 15 is 0 Å². The second kappa shape index (κ2) is 4.90. The fraction of sp³-hybridized carbons (Fsp3) is 0.600. The smallest absolute Gasteiger partial charge is 0.0642 e. The molecular weight excluding hydrogens is 224 g/mol. The third kappa shape index (κ3) is 2.85. The van der Waals surface area contributed by atoms with Crippen LogP contribution in [0.4, 0.5) is 5.69 Å². The van der Waals surface area contributed by atoms with Crippen molar-refractivity contribution >= 4 is 5.69 Å². The monoisotopic (exact) mass is 246 g/mol. The molecule has 2 fully saturated rings. The van der Waals surface area contributed by atoms with E-state index in [1.54, 1.807) is 0 Å². The molecular formula is C15H22N2O. The zero-order chi connectivity index (χ0) is 12.4. The molecule has 1 saturated heterocycles. The van der Waals surface area contributed by atoms with Crippen molar-refractivity contribution in [1.29, 1.82) is 0 Å². The maximum atomic E-state index is 5.38. The first-order chi connectivity index (χ1) is 8.75. The van der Waals surface area contributed by atoms with E-state index in [9.17, 15) is 0 Å². The van der Waals surface area contributed by atoms with Crippen molar-refractivity contribution in [3.05, 3.63) is 29.8 Å². The number of hydrogen-bond acceptors (Lipinski definition) is 3. The molecule has 2 aliphatic rings. The zero-order valence-electron chi connectivity index (χ0n) is 11.1. The molecule has 1 saturated carbocycles. The van der Waals surface area contributed by atoms with Crippen LogP contribution in [0.15, 0.2) is 24.3 Å². The standard InChI is InChI=1S/C15H22N2O/c1-15(6-7-15)16-12-13-2-4-14(5-3-13)17-8-10-18-11-9-17/h2-5,16H,6-12H2,1H3. The van der Waals surface area contributed by atoms with Crippen LogP contribution in [0.1, 0.15) is 25.3 Å². The zero-order valence-corrected chi connectivity index (χ0v) is 11.1. The quantitative estimate of drug-likeness (QED) is 0.881. The van der Waals surface area contributed by atoms with Gasteiger partial charge in [-0.3, -0.25) is 0 Å². The Bertz CT molecular complexity index is 391. The van der Waals surface area contributed by atoms with Gasteiger partial charge in [0.25, 0.3) is 0 Å². The Morgan fingerprint density at radius 2 is 1.83 bits per heavy atom. The Morgan fingerprint density at radius 3 is 2.44 bits per heavy atom. The summed E-state index contributed by atoms with van der Waals surface area (Å²) in [7, 11) is 0. The highest BCUT2D eigenvalue weighted by Crippen LogP contribution is 2.34. The van der Waals surface area contributed by atoms with Gasteiger partial charge in [-0.1, -0.05) is 12.1 Å². The lowest BCUT2D eigenvalue weighted by Gasteiger charge is -2.29. The summed E-state index contributed by atoms with van der Waals surface area (Å²) in [6.07, 6.45) is 2.64. The predicted molar refractivity (Wildman–Crippen MR) is 74.0 cm³/mol. The molecule has 1 N–H and O–H groups in total. The van der Waals surface area contributed by atoms with Gasteiger partial charge in [0.2, 0.25) is 0 Å². The fourth-order valence-electron chi connectivity index (χ4n) is 2.33. The summed E-state index contributed by atoms with van der Waals surface area (Å²) in [4.78, 5) is 2.39. The SMILES string of the molecule is CC1(NCc2ccc(N3CCOCC3)cc2)CC1. The molecule has 3 heteroatoms. The first-order valence-corrected chi connectivity index (χ1v) is 6.92. The summed E-state index contributed by atoms with van der Waals surface area (Å²) in [6, 6.07) is 8.95. The van der Waals surface area contributed by atoms with E-state index in [4.69, 9.17) is 4.74 Å². The van der Waals surface area contributed by atoms with Crippen LogP contribution >= 0.6 is 0 Å². The summed E-state index contributed by atoms with van der Waals surface area (Å²) in [5.74, 6) is 0.